The maximum Gasteiger partial charge on any atom is 0.169 e. The Morgan fingerprint density at radius 1 is 0.528 bits per heavy atom. The Morgan fingerprint density at radius 3 is 1.43 bits per heavy atom. The fourth-order valence-corrected chi connectivity index (χ4v) is 9.40. The molecule has 362 valence electrons. The van der Waals surface area contributed by atoms with E-state index in [0.717, 1.165) is 106 Å². The molecule has 0 unspecified atom stereocenters. The molecular formula is C56H55N13O2S. The van der Waals surface area contributed by atoms with Gasteiger partial charge in [-0.15, -0.1) is 11.8 Å². The summed E-state index contributed by atoms with van der Waals surface area (Å²) in [6.45, 7) is 5.02. The monoisotopic (exact) mass is 973 g/mol. The molecule has 0 saturated carbocycles. The number of rotatable bonds is 15. The number of thioether (sulfide) groups is 1. The molecule has 1 aliphatic heterocycles. The highest BCUT2D eigenvalue weighted by molar-refractivity contribution is 7.99. The predicted octanol–water partition coefficient (Wildman–Crippen LogP) is 10.2. The summed E-state index contributed by atoms with van der Waals surface area (Å²) in [7, 11) is 6.32. The van der Waals surface area contributed by atoms with Gasteiger partial charge in [0.1, 0.15) is 58.7 Å². The van der Waals surface area contributed by atoms with Crippen LogP contribution < -0.4 is 20.9 Å². The molecule has 0 radical (unpaired) electrons. The standard InChI is InChI=1S/C29H31N7O.C27H24N6OS/c1-34(2)17-18-35(3)19-21-9-13-23(14-10-21)36-29-26(28(30)31-20-32-29)27(33-36)22-11-15-25(16-12-22)37-24-7-5-4-6-8-24;28-26-24-25(20-8-12-23(13-9-20)34-22-4-2-1-3-5-22)31-33(27(24)30-17-29-26)21-10-6-19(7-11-21)16-32-14-15-35-18-32/h4-16,20H,17-19H2,1-3H3,(H2,30,31,32);1-13,17H,14-16,18H2,(H2,28,29,30). The highest BCUT2D eigenvalue weighted by Crippen LogP contribution is 2.35. The predicted molar refractivity (Wildman–Crippen MR) is 289 cm³/mol. The molecule has 0 atom stereocenters. The number of nitrogens with zero attached hydrogens (tertiary/aromatic N) is 11. The van der Waals surface area contributed by atoms with E-state index in [1.165, 1.54) is 29.5 Å². The van der Waals surface area contributed by atoms with Crippen LogP contribution in [0.1, 0.15) is 11.1 Å². The molecule has 0 bridgehead atoms. The van der Waals surface area contributed by atoms with E-state index in [1.54, 1.807) is 0 Å². The summed E-state index contributed by atoms with van der Waals surface area (Å²) in [6, 6.07) is 51.9. The van der Waals surface area contributed by atoms with Crippen LogP contribution in [0.2, 0.25) is 0 Å². The van der Waals surface area contributed by atoms with Crippen molar-refractivity contribution in [1.82, 2.24) is 54.2 Å². The number of anilines is 2. The Bertz CT molecular complexity index is 3360. The number of ether oxygens (including phenoxy) is 2. The van der Waals surface area contributed by atoms with Crippen LogP contribution in [-0.2, 0) is 13.1 Å². The Labute approximate surface area is 422 Å². The normalized spacial score (nSPS) is 12.7. The van der Waals surface area contributed by atoms with Crippen molar-refractivity contribution in [2.75, 3.05) is 63.9 Å². The Kier molecular flexibility index (Phi) is 14.4. The average Bonchev–Trinajstić information content (AvgIpc) is 4.17. The number of hydrogen-bond acceptors (Lipinski definition) is 14. The quantitative estimate of drug-likeness (QED) is 0.0996. The highest BCUT2D eigenvalue weighted by Gasteiger charge is 2.21. The number of likely N-dealkylation sites (N-methyl/N-ethyl adjacent to an activating group) is 2. The maximum atomic E-state index is 6.31. The summed E-state index contributed by atoms with van der Waals surface area (Å²) < 4.78 is 15.5. The second kappa shape index (κ2) is 21.9. The number of hydrogen-bond donors (Lipinski definition) is 2. The van der Waals surface area contributed by atoms with Crippen LogP contribution >= 0.6 is 11.8 Å². The lowest BCUT2D eigenvalue weighted by Gasteiger charge is -2.19. The highest BCUT2D eigenvalue weighted by atomic mass is 32.2. The smallest absolute Gasteiger partial charge is 0.169 e. The van der Waals surface area contributed by atoms with Crippen LogP contribution in [0.5, 0.6) is 23.0 Å². The fraction of sp³-hybridized carbons (Fsp3) is 0.179. The molecule has 72 heavy (non-hydrogen) atoms. The number of para-hydroxylation sites is 2. The number of fused-ring (bicyclic) bond motifs is 2. The Hall–Kier alpha value is -8.15. The van der Waals surface area contributed by atoms with Gasteiger partial charge in [0.05, 0.1) is 22.1 Å². The zero-order valence-electron chi connectivity index (χ0n) is 40.4. The second-order valence-electron chi connectivity index (χ2n) is 17.8. The first-order valence-corrected chi connectivity index (χ1v) is 24.8. The van der Waals surface area contributed by atoms with E-state index in [2.05, 4.69) is 104 Å². The molecule has 1 aliphatic rings. The van der Waals surface area contributed by atoms with Crippen LogP contribution in [0, 0.1) is 0 Å². The topological polar surface area (TPSA) is 167 Å². The molecule has 1 fully saturated rings. The number of nitrogens with two attached hydrogens (primary N) is 2. The van der Waals surface area contributed by atoms with Crippen molar-refractivity contribution in [2.24, 2.45) is 0 Å². The lowest BCUT2D eigenvalue weighted by atomic mass is 10.1. The molecular weight excluding hydrogens is 919 g/mol. The molecule has 0 spiro atoms. The number of benzene rings is 6. The van der Waals surface area contributed by atoms with Gasteiger partial charge in [-0.05, 0) is 129 Å². The maximum absolute atomic E-state index is 6.31. The molecule has 11 rings (SSSR count). The van der Waals surface area contributed by atoms with Gasteiger partial charge in [0, 0.05) is 55.5 Å². The molecule has 10 aromatic rings. The van der Waals surface area contributed by atoms with Crippen molar-refractivity contribution in [3.05, 3.63) is 182 Å². The van der Waals surface area contributed by atoms with Crippen molar-refractivity contribution < 1.29 is 9.47 Å². The van der Waals surface area contributed by atoms with Gasteiger partial charge in [0.15, 0.2) is 11.3 Å². The van der Waals surface area contributed by atoms with Gasteiger partial charge in [-0.1, -0.05) is 60.7 Å². The largest absolute Gasteiger partial charge is 0.457 e. The van der Waals surface area contributed by atoms with Crippen LogP contribution in [0.3, 0.4) is 0 Å². The van der Waals surface area contributed by atoms with Crippen LogP contribution in [0.15, 0.2) is 170 Å². The van der Waals surface area contributed by atoms with Crippen LogP contribution in [0.4, 0.5) is 11.6 Å². The van der Waals surface area contributed by atoms with E-state index < -0.39 is 0 Å². The van der Waals surface area contributed by atoms with Gasteiger partial charge in [-0.3, -0.25) is 4.90 Å². The van der Waals surface area contributed by atoms with Gasteiger partial charge < -0.3 is 30.7 Å². The lowest BCUT2D eigenvalue weighted by molar-refractivity contribution is 0.276. The van der Waals surface area contributed by atoms with Crippen molar-refractivity contribution in [2.45, 2.75) is 13.1 Å². The average molecular weight is 974 g/mol. The minimum Gasteiger partial charge on any atom is -0.457 e. The summed E-state index contributed by atoms with van der Waals surface area (Å²) in [4.78, 5) is 24.5. The van der Waals surface area contributed by atoms with E-state index in [-0.39, 0.29) is 0 Å². The molecule has 16 heteroatoms. The fourth-order valence-electron chi connectivity index (χ4n) is 8.41. The van der Waals surface area contributed by atoms with Crippen molar-refractivity contribution in [3.8, 4) is 56.9 Å². The van der Waals surface area contributed by atoms with Gasteiger partial charge in [0.25, 0.3) is 0 Å². The van der Waals surface area contributed by atoms with Gasteiger partial charge in [0.2, 0.25) is 0 Å². The molecule has 0 amide bonds. The SMILES string of the molecule is CN(C)CCN(C)Cc1ccc(-n2nc(-c3ccc(Oc4ccccc4)cc3)c3c(N)ncnc32)cc1.Nc1ncnc2c1c(-c1ccc(Oc3ccccc3)cc1)nn2-c1ccc(CN2CCSC2)cc1. The second-order valence-corrected chi connectivity index (χ2v) is 18.9. The summed E-state index contributed by atoms with van der Waals surface area (Å²) >= 11 is 1.98. The van der Waals surface area contributed by atoms with Gasteiger partial charge in [-0.25, -0.2) is 29.3 Å². The van der Waals surface area contributed by atoms with Crippen molar-refractivity contribution in [3.63, 3.8) is 0 Å². The zero-order valence-corrected chi connectivity index (χ0v) is 41.2. The number of nitrogen functional groups attached to an aromatic ring is 2. The lowest BCUT2D eigenvalue weighted by Crippen LogP contribution is -2.28. The zero-order chi connectivity index (χ0) is 49.4. The third-order valence-corrected chi connectivity index (χ3v) is 13.2. The third-order valence-electron chi connectivity index (χ3n) is 12.2. The van der Waals surface area contributed by atoms with E-state index in [0.29, 0.717) is 22.9 Å². The molecule has 6 aromatic carbocycles. The summed E-state index contributed by atoms with van der Waals surface area (Å²) in [5, 5.41) is 11.3. The summed E-state index contributed by atoms with van der Waals surface area (Å²) in [5.74, 6) is 6.18. The van der Waals surface area contributed by atoms with E-state index in [9.17, 15) is 0 Å². The molecule has 0 aliphatic carbocycles. The molecule has 4 N–H and O–H groups in total. The van der Waals surface area contributed by atoms with Crippen molar-refractivity contribution in [1.29, 1.82) is 0 Å². The third kappa shape index (κ3) is 11.1. The van der Waals surface area contributed by atoms with E-state index in [4.69, 9.17) is 31.1 Å². The van der Waals surface area contributed by atoms with E-state index >= 15 is 0 Å². The molecule has 5 heterocycles. The Balaban J connectivity index is 0.000000166. The van der Waals surface area contributed by atoms with Crippen molar-refractivity contribution >= 4 is 45.5 Å². The van der Waals surface area contributed by atoms with Crippen LogP contribution in [0.25, 0.3) is 56.0 Å². The minimum absolute atomic E-state index is 0.398. The minimum atomic E-state index is 0.398. The molecule has 4 aromatic heterocycles. The molecule has 15 nitrogen and oxygen atoms in total. The first kappa shape index (κ1) is 47.5. The Morgan fingerprint density at radius 2 is 0.986 bits per heavy atom. The summed E-state index contributed by atoms with van der Waals surface area (Å²) in [5.41, 5.74) is 21.6. The molecule has 1 saturated heterocycles. The first-order valence-electron chi connectivity index (χ1n) is 23.7. The summed E-state index contributed by atoms with van der Waals surface area (Å²) in [6.07, 6.45) is 2.96. The van der Waals surface area contributed by atoms with Gasteiger partial charge >= 0.3 is 0 Å². The number of aromatic nitrogens is 8. The van der Waals surface area contributed by atoms with E-state index in [1.807, 2.05) is 130 Å². The first-order chi connectivity index (χ1) is 35.2. The van der Waals surface area contributed by atoms with Crippen LogP contribution in [-0.4, -0.2) is 107 Å². The van der Waals surface area contributed by atoms with Gasteiger partial charge in [-0.2, -0.15) is 10.2 Å².